The fraction of sp³-hybridized carbons (Fsp3) is 0.133. The van der Waals surface area contributed by atoms with E-state index in [1.54, 1.807) is 0 Å². The van der Waals surface area contributed by atoms with Gasteiger partial charge in [-0.15, -0.1) is 0 Å². The van der Waals surface area contributed by atoms with Crippen LogP contribution in [-0.4, -0.2) is 0 Å². The number of ether oxygens (including phenoxy) is 1. The Morgan fingerprint density at radius 3 is 2.29 bits per heavy atom. The summed E-state index contributed by atoms with van der Waals surface area (Å²) in [7, 11) is 0. The van der Waals surface area contributed by atoms with Crippen LogP contribution in [0.5, 0.6) is 5.75 Å². The summed E-state index contributed by atoms with van der Waals surface area (Å²) in [6.07, 6.45) is -4.40. The number of rotatable bonds is 3. The van der Waals surface area contributed by atoms with Gasteiger partial charge in [-0.25, -0.2) is 4.39 Å². The third-order valence-corrected chi connectivity index (χ3v) is 2.67. The molecule has 0 spiro atoms. The van der Waals surface area contributed by atoms with Crippen molar-refractivity contribution in [3.63, 3.8) is 0 Å². The predicted molar refractivity (Wildman–Crippen MR) is 66.9 cm³/mol. The van der Waals surface area contributed by atoms with Crippen LogP contribution in [0.15, 0.2) is 42.5 Å². The molecule has 2 rings (SSSR count). The van der Waals surface area contributed by atoms with Crippen molar-refractivity contribution in [2.45, 2.75) is 12.8 Å². The van der Waals surface area contributed by atoms with Gasteiger partial charge < -0.3 is 4.74 Å². The van der Waals surface area contributed by atoms with Gasteiger partial charge >= 0.3 is 6.18 Å². The third kappa shape index (κ3) is 3.96. The molecule has 0 bridgehead atoms. The van der Waals surface area contributed by atoms with E-state index in [1.807, 2.05) is 6.07 Å². The number of nitriles is 1. The van der Waals surface area contributed by atoms with Gasteiger partial charge in [-0.3, -0.25) is 0 Å². The maximum Gasteiger partial charge on any atom is 0.416 e. The smallest absolute Gasteiger partial charge is 0.416 e. The highest BCUT2D eigenvalue weighted by Crippen LogP contribution is 2.30. The second kappa shape index (κ2) is 5.83. The minimum Gasteiger partial charge on any atom is -0.489 e. The van der Waals surface area contributed by atoms with E-state index < -0.39 is 17.6 Å². The summed E-state index contributed by atoms with van der Waals surface area (Å²) in [5.41, 5.74) is -0.195. The minimum absolute atomic E-state index is 0.0438. The van der Waals surface area contributed by atoms with Crippen molar-refractivity contribution < 1.29 is 22.3 Å². The number of benzene rings is 2. The Balaban J connectivity index is 2.07. The topological polar surface area (TPSA) is 33.0 Å². The predicted octanol–water partition coefficient (Wildman–Crippen LogP) is 4.30. The lowest BCUT2D eigenvalue weighted by Crippen LogP contribution is -2.04. The highest BCUT2D eigenvalue weighted by Gasteiger charge is 2.29. The maximum absolute atomic E-state index is 13.2. The standard InChI is InChI=1S/C15H9F4NO/c16-13-6-10(8-20)5-11(7-13)9-21-14-3-1-12(2-4-14)15(17,18)19/h1-7H,9H2. The number of hydrogen-bond donors (Lipinski definition) is 0. The van der Waals surface area contributed by atoms with Crippen molar-refractivity contribution in [1.82, 2.24) is 0 Å². The summed E-state index contributed by atoms with van der Waals surface area (Å²) < 4.78 is 55.6. The van der Waals surface area contributed by atoms with Crippen LogP contribution in [0.3, 0.4) is 0 Å². The molecule has 0 aliphatic carbocycles. The molecule has 0 aliphatic rings. The zero-order valence-electron chi connectivity index (χ0n) is 10.6. The summed E-state index contributed by atoms with van der Waals surface area (Å²) in [6.45, 7) is -0.0438. The average molecular weight is 295 g/mol. The van der Waals surface area contributed by atoms with Crippen molar-refractivity contribution in [2.75, 3.05) is 0 Å². The first-order valence-electron chi connectivity index (χ1n) is 5.88. The van der Waals surface area contributed by atoms with Crippen LogP contribution < -0.4 is 4.74 Å². The zero-order chi connectivity index (χ0) is 15.5. The molecule has 108 valence electrons. The van der Waals surface area contributed by atoms with Crippen molar-refractivity contribution in [1.29, 1.82) is 5.26 Å². The molecule has 0 fully saturated rings. The molecule has 0 heterocycles. The Labute approximate surface area is 118 Å². The highest BCUT2D eigenvalue weighted by atomic mass is 19.4. The SMILES string of the molecule is N#Cc1cc(F)cc(COc2ccc(C(F)(F)F)cc2)c1. The van der Waals surface area contributed by atoms with Gasteiger partial charge in [0.1, 0.15) is 18.2 Å². The molecule has 2 aromatic carbocycles. The molecule has 21 heavy (non-hydrogen) atoms. The number of alkyl halides is 3. The van der Waals surface area contributed by atoms with Gasteiger partial charge in [-0.2, -0.15) is 18.4 Å². The summed E-state index contributed by atoms with van der Waals surface area (Å²) >= 11 is 0. The number of nitrogens with zero attached hydrogens (tertiary/aromatic N) is 1. The van der Waals surface area contributed by atoms with Gasteiger partial charge in [0, 0.05) is 0 Å². The Kier molecular flexibility index (Phi) is 4.13. The van der Waals surface area contributed by atoms with E-state index in [4.69, 9.17) is 10.00 Å². The molecule has 0 aromatic heterocycles. The molecule has 2 aromatic rings. The van der Waals surface area contributed by atoms with E-state index in [9.17, 15) is 17.6 Å². The molecule has 2 nitrogen and oxygen atoms in total. The fourth-order valence-electron chi connectivity index (χ4n) is 1.71. The van der Waals surface area contributed by atoms with E-state index >= 15 is 0 Å². The van der Waals surface area contributed by atoms with Crippen molar-refractivity contribution in [3.8, 4) is 11.8 Å². The van der Waals surface area contributed by atoms with Crippen molar-refractivity contribution >= 4 is 0 Å². The van der Waals surface area contributed by atoms with Crippen molar-refractivity contribution in [2.24, 2.45) is 0 Å². The Morgan fingerprint density at radius 1 is 1.05 bits per heavy atom. The minimum atomic E-state index is -4.40. The summed E-state index contributed by atoms with van der Waals surface area (Å²) in [5.74, 6) is -0.342. The van der Waals surface area contributed by atoms with Gasteiger partial charge in [-0.05, 0) is 48.0 Å². The van der Waals surface area contributed by atoms with Gasteiger partial charge in [-0.1, -0.05) is 0 Å². The van der Waals surface area contributed by atoms with Crippen LogP contribution in [0.4, 0.5) is 17.6 Å². The molecule has 0 radical (unpaired) electrons. The van der Waals surface area contributed by atoms with Crippen LogP contribution in [0.2, 0.25) is 0 Å². The normalized spacial score (nSPS) is 11.0. The maximum atomic E-state index is 13.2. The van der Waals surface area contributed by atoms with Crippen LogP contribution in [0.25, 0.3) is 0 Å². The van der Waals surface area contributed by atoms with Crippen LogP contribution in [0, 0.1) is 17.1 Å². The molecule has 0 atom stereocenters. The second-order valence-electron chi connectivity index (χ2n) is 4.27. The summed E-state index contributed by atoms with van der Waals surface area (Å²) in [4.78, 5) is 0. The highest BCUT2D eigenvalue weighted by molar-refractivity contribution is 5.34. The zero-order valence-corrected chi connectivity index (χ0v) is 10.6. The van der Waals surface area contributed by atoms with Crippen LogP contribution in [0.1, 0.15) is 16.7 Å². The first kappa shape index (κ1) is 14.9. The van der Waals surface area contributed by atoms with E-state index in [-0.39, 0.29) is 17.9 Å². The molecule has 0 amide bonds. The lowest BCUT2D eigenvalue weighted by Gasteiger charge is -2.09. The van der Waals surface area contributed by atoms with Gasteiger partial charge in [0.25, 0.3) is 0 Å². The van der Waals surface area contributed by atoms with Gasteiger partial charge in [0.05, 0.1) is 17.2 Å². The lowest BCUT2D eigenvalue weighted by atomic mass is 10.1. The molecule has 0 unspecified atom stereocenters. The fourth-order valence-corrected chi connectivity index (χ4v) is 1.71. The molecular formula is C15H9F4NO. The average Bonchev–Trinajstić information content (AvgIpc) is 2.44. The van der Waals surface area contributed by atoms with E-state index in [2.05, 4.69) is 0 Å². The Morgan fingerprint density at radius 2 is 1.71 bits per heavy atom. The van der Waals surface area contributed by atoms with Crippen LogP contribution >= 0.6 is 0 Å². The quantitative estimate of drug-likeness (QED) is 0.791. The Hall–Kier alpha value is -2.55. The molecule has 0 saturated heterocycles. The van der Waals surface area contributed by atoms with E-state index in [1.165, 1.54) is 24.3 Å². The largest absolute Gasteiger partial charge is 0.489 e. The van der Waals surface area contributed by atoms with Gasteiger partial charge in [0.15, 0.2) is 0 Å². The lowest BCUT2D eigenvalue weighted by molar-refractivity contribution is -0.137. The summed E-state index contributed by atoms with van der Waals surface area (Å²) in [6, 6.07) is 9.73. The molecule has 0 saturated carbocycles. The molecule has 0 aliphatic heterocycles. The Bertz CT molecular complexity index is 672. The number of hydrogen-bond acceptors (Lipinski definition) is 2. The van der Waals surface area contributed by atoms with Crippen LogP contribution in [-0.2, 0) is 12.8 Å². The molecule has 6 heteroatoms. The van der Waals surface area contributed by atoms with E-state index in [0.717, 1.165) is 18.2 Å². The second-order valence-corrected chi connectivity index (χ2v) is 4.27. The monoisotopic (exact) mass is 295 g/mol. The summed E-state index contributed by atoms with van der Waals surface area (Å²) in [5, 5.41) is 8.71. The van der Waals surface area contributed by atoms with Gasteiger partial charge in [0.2, 0.25) is 0 Å². The van der Waals surface area contributed by atoms with Crippen molar-refractivity contribution in [3.05, 3.63) is 65.0 Å². The molecule has 0 N–H and O–H groups in total. The first-order chi connectivity index (χ1) is 9.88. The number of halogens is 4. The van der Waals surface area contributed by atoms with E-state index in [0.29, 0.717) is 5.56 Å². The third-order valence-electron chi connectivity index (χ3n) is 2.67. The molecular weight excluding hydrogens is 286 g/mol. The first-order valence-corrected chi connectivity index (χ1v) is 5.88.